The van der Waals surface area contributed by atoms with Crippen LogP contribution in [0.25, 0.3) is 0 Å². The topological polar surface area (TPSA) is 90.8 Å². The molecule has 0 aliphatic carbocycles. The average molecular weight is 460 g/mol. The molecule has 2 amide bonds. The van der Waals surface area contributed by atoms with Gasteiger partial charge in [0, 0.05) is 11.8 Å². The second-order valence-electron chi connectivity index (χ2n) is 6.44. The number of aliphatic imine (C=N–C) groups is 1. The van der Waals surface area contributed by atoms with Crippen LogP contribution in [0.5, 0.6) is 5.75 Å². The van der Waals surface area contributed by atoms with Crippen LogP contribution in [0.4, 0.5) is 13.2 Å². The fraction of sp³-hybridized carbons (Fsp3) is 0.250. The molecule has 0 fully saturated rings. The molecule has 1 heterocycles. The Morgan fingerprint density at radius 1 is 1.19 bits per heavy atom. The first-order valence-electron chi connectivity index (χ1n) is 8.75. The molecule has 158 valence electrons. The van der Waals surface area contributed by atoms with E-state index in [9.17, 15) is 27.9 Å². The van der Waals surface area contributed by atoms with Crippen molar-refractivity contribution in [2.45, 2.75) is 24.4 Å². The minimum Gasteiger partial charge on any atom is -0.854 e. The summed E-state index contributed by atoms with van der Waals surface area (Å²) in [4.78, 5) is 27.7. The van der Waals surface area contributed by atoms with E-state index in [0.717, 1.165) is 23.9 Å². The predicted octanol–water partition coefficient (Wildman–Crippen LogP) is -0.451. The molecular formula is C20H16F3N2NaO4S. The van der Waals surface area contributed by atoms with Gasteiger partial charge in [-0.2, -0.15) is 13.2 Å². The quantitative estimate of drug-likeness (QED) is 0.590. The SMILES string of the molecule is COc1ccc(CC2SC([O-])=NC2=O)cc1C(=O)NCc1ccc(C(F)(F)F)cc1.[Na+]. The molecule has 3 rings (SSSR count). The second kappa shape index (κ2) is 10.5. The molecule has 1 unspecified atom stereocenters. The first-order valence-corrected chi connectivity index (χ1v) is 9.63. The molecule has 0 radical (unpaired) electrons. The number of hydrogen-bond acceptors (Lipinski definition) is 5. The van der Waals surface area contributed by atoms with Crippen LogP contribution in [0.2, 0.25) is 0 Å². The second-order valence-corrected chi connectivity index (χ2v) is 7.59. The van der Waals surface area contributed by atoms with Crippen molar-refractivity contribution in [3.05, 3.63) is 64.7 Å². The van der Waals surface area contributed by atoms with E-state index in [1.165, 1.54) is 19.2 Å². The van der Waals surface area contributed by atoms with Crippen molar-refractivity contribution >= 4 is 28.8 Å². The third kappa shape index (κ3) is 6.49. The Labute approximate surface area is 202 Å². The number of thioether (sulfide) groups is 1. The van der Waals surface area contributed by atoms with Crippen molar-refractivity contribution < 1.29 is 62.2 Å². The van der Waals surface area contributed by atoms with Gasteiger partial charge in [-0.1, -0.05) is 18.2 Å². The van der Waals surface area contributed by atoms with E-state index in [-0.39, 0.29) is 48.1 Å². The van der Waals surface area contributed by atoms with E-state index < -0.39 is 34.0 Å². The number of amides is 2. The van der Waals surface area contributed by atoms with Gasteiger partial charge in [0.2, 0.25) is 0 Å². The van der Waals surface area contributed by atoms with Crippen molar-refractivity contribution in [2.75, 3.05) is 7.11 Å². The van der Waals surface area contributed by atoms with Gasteiger partial charge in [-0.25, -0.2) is 4.99 Å². The normalized spacial score (nSPS) is 15.8. The zero-order valence-corrected chi connectivity index (χ0v) is 19.5. The Morgan fingerprint density at radius 2 is 1.84 bits per heavy atom. The Balaban J connectivity index is 0.00000341. The van der Waals surface area contributed by atoms with Crippen LogP contribution in [0.15, 0.2) is 47.5 Å². The Kier molecular flexibility index (Phi) is 8.58. The van der Waals surface area contributed by atoms with Crippen molar-refractivity contribution in [1.82, 2.24) is 5.32 Å². The van der Waals surface area contributed by atoms with Gasteiger partial charge in [-0.05, 0) is 41.8 Å². The summed E-state index contributed by atoms with van der Waals surface area (Å²) < 4.78 is 43.1. The molecule has 6 nitrogen and oxygen atoms in total. The number of alkyl halides is 3. The number of benzene rings is 2. The molecule has 0 saturated heterocycles. The van der Waals surface area contributed by atoms with Crippen molar-refractivity contribution in [3.8, 4) is 5.75 Å². The Bertz CT molecular complexity index is 997. The average Bonchev–Trinajstić information content (AvgIpc) is 3.02. The maximum Gasteiger partial charge on any atom is 1.00 e. The third-order valence-electron chi connectivity index (χ3n) is 4.38. The van der Waals surface area contributed by atoms with Crippen molar-refractivity contribution in [2.24, 2.45) is 4.99 Å². The smallest absolute Gasteiger partial charge is 0.854 e. The van der Waals surface area contributed by atoms with Gasteiger partial charge in [0.05, 0.1) is 23.5 Å². The van der Waals surface area contributed by atoms with E-state index in [4.69, 9.17) is 4.74 Å². The molecule has 0 saturated carbocycles. The van der Waals surface area contributed by atoms with E-state index in [2.05, 4.69) is 10.3 Å². The summed E-state index contributed by atoms with van der Waals surface area (Å²) in [6, 6.07) is 9.29. The number of nitrogens with zero attached hydrogens (tertiary/aromatic N) is 1. The molecule has 2 aromatic rings. The van der Waals surface area contributed by atoms with Gasteiger partial charge in [0.25, 0.3) is 11.8 Å². The Hall–Kier alpha value is -2.01. The predicted molar refractivity (Wildman–Crippen MR) is 103 cm³/mol. The first-order chi connectivity index (χ1) is 14.2. The number of nitrogens with one attached hydrogen (secondary N) is 1. The molecule has 31 heavy (non-hydrogen) atoms. The first kappa shape index (κ1) is 25.3. The number of hydrogen-bond donors (Lipinski definition) is 1. The summed E-state index contributed by atoms with van der Waals surface area (Å²) in [6.07, 6.45) is -4.20. The molecule has 11 heteroatoms. The van der Waals surface area contributed by atoms with Gasteiger partial charge >= 0.3 is 35.7 Å². The molecule has 1 atom stereocenters. The largest absolute Gasteiger partial charge is 1.00 e. The number of ether oxygens (including phenoxy) is 1. The zero-order valence-electron chi connectivity index (χ0n) is 16.7. The van der Waals surface area contributed by atoms with E-state index >= 15 is 0 Å². The Morgan fingerprint density at radius 3 is 2.39 bits per heavy atom. The third-order valence-corrected chi connectivity index (χ3v) is 5.33. The summed E-state index contributed by atoms with van der Waals surface area (Å²) in [6.45, 7) is 0.0225. The zero-order chi connectivity index (χ0) is 21.9. The summed E-state index contributed by atoms with van der Waals surface area (Å²) in [5, 5.41) is 12.7. The summed E-state index contributed by atoms with van der Waals surface area (Å²) in [5.41, 5.74) is 0.586. The summed E-state index contributed by atoms with van der Waals surface area (Å²) in [7, 11) is 1.40. The summed E-state index contributed by atoms with van der Waals surface area (Å²) >= 11 is 0.836. The molecule has 1 aliphatic heterocycles. The molecule has 0 bridgehead atoms. The van der Waals surface area contributed by atoms with Gasteiger partial charge in [-0.3, -0.25) is 9.59 Å². The van der Waals surface area contributed by atoms with Gasteiger partial charge in [0.1, 0.15) is 5.75 Å². The number of rotatable bonds is 6. The molecule has 2 aromatic carbocycles. The van der Waals surface area contributed by atoms with Gasteiger partial charge in [-0.15, -0.1) is 11.8 Å². The maximum atomic E-state index is 12.6. The standard InChI is InChI=1S/C20H17F3N2O4S.Na/c1-29-15-7-4-12(9-16-18(27)25-19(28)30-16)8-14(15)17(26)24-10-11-2-5-13(6-3-11)20(21,22)23;/h2-8,16H,9-10H2,1H3,(H,24,26)(H,25,27,28);/q;+1/p-1. The fourth-order valence-corrected chi connectivity index (χ4v) is 3.67. The van der Waals surface area contributed by atoms with Crippen molar-refractivity contribution in [3.63, 3.8) is 0 Å². The minimum absolute atomic E-state index is 0. The van der Waals surface area contributed by atoms with Gasteiger partial charge < -0.3 is 15.2 Å². The molecular weight excluding hydrogens is 444 g/mol. The monoisotopic (exact) mass is 460 g/mol. The van der Waals surface area contributed by atoms with E-state index in [1.807, 2.05) is 0 Å². The van der Waals surface area contributed by atoms with E-state index in [1.54, 1.807) is 18.2 Å². The van der Waals surface area contributed by atoms with E-state index in [0.29, 0.717) is 16.9 Å². The molecule has 1 N–H and O–H groups in total. The van der Waals surface area contributed by atoms with Crippen LogP contribution >= 0.6 is 11.8 Å². The van der Waals surface area contributed by atoms with Crippen LogP contribution in [0.1, 0.15) is 27.0 Å². The van der Waals surface area contributed by atoms with Crippen LogP contribution in [-0.2, 0) is 23.9 Å². The van der Waals surface area contributed by atoms with Crippen molar-refractivity contribution in [1.29, 1.82) is 0 Å². The maximum absolute atomic E-state index is 12.6. The van der Waals surface area contributed by atoms with Crippen LogP contribution < -0.4 is 44.7 Å². The van der Waals surface area contributed by atoms with Crippen LogP contribution in [0, 0.1) is 0 Å². The van der Waals surface area contributed by atoms with Gasteiger partial charge in [0.15, 0.2) is 0 Å². The number of methoxy groups -OCH3 is 1. The van der Waals surface area contributed by atoms with Crippen LogP contribution in [-0.4, -0.2) is 29.4 Å². The minimum atomic E-state index is -4.42. The number of carbonyl (C=O) groups is 2. The fourth-order valence-electron chi connectivity index (χ4n) is 2.85. The molecule has 1 aliphatic rings. The molecule has 0 spiro atoms. The summed E-state index contributed by atoms with van der Waals surface area (Å²) in [5.74, 6) is -0.691. The number of carbonyl (C=O) groups excluding carboxylic acids is 2. The number of halogens is 3. The van der Waals surface area contributed by atoms with Crippen LogP contribution in [0.3, 0.4) is 0 Å². The molecule has 0 aromatic heterocycles.